The summed E-state index contributed by atoms with van der Waals surface area (Å²) in [5, 5.41) is 9.34. The number of nitriles is 1. The predicted octanol–water partition coefficient (Wildman–Crippen LogP) is 3.27. The van der Waals surface area contributed by atoms with Crippen LogP contribution in [-0.4, -0.2) is 20.7 Å². The smallest absolute Gasteiger partial charge is 0.178 e. The highest BCUT2D eigenvalue weighted by atomic mass is 16.1. The van der Waals surface area contributed by atoms with E-state index in [-0.39, 0.29) is 5.78 Å². The normalized spacial score (nSPS) is 13.8. The third-order valence-electron chi connectivity index (χ3n) is 3.67. The number of H-pyrrole nitrogens is 1. The van der Waals surface area contributed by atoms with E-state index in [1.165, 1.54) is 0 Å². The van der Waals surface area contributed by atoms with Crippen LogP contribution in [0.25, 0.3) is 11.2 Å². The van der Waals surface area contributed by atoms with Crippen LogP contribution in [0, 0.1) is 24.2 Å². The number of hydrogen-bond donors (Lipinski definition) is 1. The van der Waals surface area contributed by atoms with E-state index in [4.69, 9.17) is 0 Å². The average molecular weight is 284 g/mol. The molecule has 2 aromatic rings. The lowest BCUT2D eigenvalue weighted by atomic mass is 9.93. The molecule has 0 aliphatic rings. The number of aromatic nitrogens is 3. The second-order valence-electron chi connectivity index (χ2n) is 5.57. The van der Waals surface area contributed by atoms with Gasteiger partial charge in [0.15, 0.2) is 17.3 Å². The largest absolute Gasteiger partial charge is 0.339 e. The van der Waals surface area contributed by atoms with Gasteiger partial charge in [0.2, 0.25) is 0 Å². The van der Waals surface area contributed by atoms with Gasteiger partial charge >= 0.3 is 0 Å². The van der Waals surface area contributed by atoms with Crippen molar-refractivity contribution in [1.29, 1.82) is 5.26 Å². The van der Waals surface area contributed by atoms with Crippen LogP contribution in [-0.2, 0) is 4.79 Å². The zero-order chi connectivity index (χ0) is 15.4. The fraction of sp³-hybridized carbons (Fsp3) is 0.500. The van der Waals surface area contributed by atoms with Gasteiger partial charge in [0, 0.05) is 12.6 Å². The first-order chi connectivity index (χ1) is 10.1. The maximum atomic E-state index is 12.3. The van der Waals surface area contributed by atoms with Crippen molar-refractivity contribution in [1.82, 2.24) is 15.0 Å². The molecule has 0 bridgehead atoms. The first-order valence-corrected chi connectivity index (χ1v) is 7.30. The van der Waals surface area contributed by atoms with Crippen molar-refractivity contribution < 1.29 is 4.79 Å². The first kappa shape index (κ1) is 15.2. The molecule has 0 saturated carbocycles. The lowest BCUT2D eigenvalue weighted by molar-refractivity contribution is -0.120. The molecule has 21 heavy (non-hydrogen) atoms. The van der Waals surface area contributed by atoms with Gasteiger partial charge in [-0.15, -0.1) is 0 Å². The monoisotopic (exact) mass is 284 g/mol. The zero-order valence-electron chi connectivity index (χ0n) is 12.7. The number of nitrogens with one attached hydrogen (secondary N) is 1. The molecular weight excluding hydrogens is 264 g/mol. The second kappa shape index (κ2) is 6.49. The van der Waals surface area contributed by atoms with E-state index in [0.717, 1.165) is 23.9 Å². The maximum absolute atomic E-state index is 12.3. The SMILES string of the molecule is CCC[C@@H](C)CC(=O)[C@@H](C#N)c1nc2nccc(C)c2[nH]1. The minimum absolute atomic E-state index is 0.0739. The molecule has 0 aromatic carbocycles. The third-order valence-corrected chi connectivity index (χ3v) is 3.67. The molecule has 110 valence electrons. The molecule has 0 fully saturated rings. The van der Waals surface area contributed by atoms with Crippen molar-refractivity contribution in [2.24, 2.45) is 5.92 Å². The van der Waals surface area contributed by atoms with E-state index < -0.39 is 5.92 Å². The number of carbonyl (C=O) groups excluding carboxylic acids is 1. The van der Waals surface area contributed by atoms with Crippen molar-refractivity contribution in [3.63, 3.8) is 0 Å². The Morgan fingerprint density at radius 3 is 2.90 bits per heavy atom. The quantitative estimate of drug-likeness (QED) is 0.882. The van der Waals surface area contributed by atoms with Crippen LogP contribution in [0.15, 0.2) is 12.3 Å². The van der Waals surface area contributed by atoms with Gasteiger partial charge < -0.3 is 4.98 Å². The predicted molar refractivity (Wildman–Crippen MR) is 80.7 cm³/mol. The molecule has 2 aromatic heterocycles. The highest BCUT2D eigenvalue weighted by Crippen LogP contribution is 2.22. The van der Waals surface area contributed by atoms with Crippen LogP contribution >= 0.6 is 0 Å². The molecule has 0 unspecified atom stereocenters. The van der Waals surface area contributed by atoms with E-state index in [2.05, 4.69) is 27.9 Å². The summed E-state index contributed by atoms with van der Waals surface area (Å²) in [6.07, 6.45) is 4.12. The van der Waals surface area contributed by atoms with Crippen LogP contribution in [0.4, 0.5) is 0 Å². The van der Waals surface area contributed by atoms with Crippen molar-refractivity contribution in [2.45, 2.75) is 46.0 Å². The number of fused-ring (bicyclic) bond motifs is 1. The minimum atomic E-state index is -0.835. The molecular formula is C16H20N4O. The number of Topliss-reactive ketones (excluding diaryl/α,β-unsaturated/α-hetero) is 1. The standard InChI is InChI=1S/C16H20N4O/c1-4-5-10(2)8-13(21)12(9-17)15-19-14-11(3)6-7-18-16(14)20-15/h6-7,10,12H,4-5,8H2,1-3H3,(H,18,19,20)/t10-,12-/m1/s1. The van der Waals surface area contributed by atoms with Gasteiger partial charge in [-0.1, -0.05) is 26.7 Å². The van der Waals surface area contributed by atoms with Gasteiger partial charge in [-0.2, -0.15) is 5.26 Å². The molecule has 0 spiro atoms. The molecule has 0 saturated heterocycles. The summed E-state index contributed by atoms with van der Waals surface area (Å²) in [5.41, 5.74) is 2.35. The number of rotatable bonds is 6. The Morgan fingerprint density at radius 1 is 1.52 bits per heavy atom. The van der Waals surface area contributed by atoms with Crippen LogP contribution in [0.1, 0.15) is 50.4 Å². The molecule has 1 N–H and O–H groups in total. The van der Waals surface area contributed by atoms with E-state index in [1.807, 2.05) is 19.9 Å². The number of hydrogen-bond acceptors (Lipinski definition) is 4. The van der Waals surface area contributed by atoms with Gasteiger partial charge in [-0.25, -0.2) is 9.97 Å². The topological polar surface area (TPSA) is 82.4 Å². The molecule has 5 heteroatoms. The highest BCUT2D eigenvalue weighted by molar-refractivity contribution is 5.88. The Kier molecular flexibility index (Phi) is 4.69. The summed E-state index contributed by atoms with van der Waals surface area (Å²) in [6.45, 7) is 6.08. The van der Waals surface area contributed by atoms with Gasteiger partial charge in [0.25, 0.3) is 0 Å². The van der Waals surface area contributed by atoms with Crippen LogP contribution in [0.2, 0.25) is 0 Å². The number of imidazole rings is 1. The second-order valence-corrected chi connectivity index (χ2v) is 5.57. The van der Waals surface area contributed by atoms with Gasteiger partial charge in [-0.05, 0) is 24.5 Å². The Balaban J connectivity index is 2.25. The van der Waals surface area contributed by atoms with E-state index in [9.17, 15) is 10.1 Å². The Hall–Kier alpha value is -2.22. The van der Waals surface area contributed by atoms with E-state index in [0.29, 0.717) is 23.8 Å². The zero-order valence-corrected chi connectivity index (χ0v) is 12.7. The van der Waals surface area contributed by atoms with E-state index in [1.54, 1.807) is 6.20 Å². The summed E-state index contributed by atoms with van der Waals surface area (Å²) in [5.74, 6) is -0.210. The average Bonchev–Trinajstić information content (AvgIpc) is 2.84. The van der Waals surface area contributed by atoms with Crippen molar-refractivity contribution >= 4 is 16.9 Å². The summed E-state index contributed by atoms with van der Waals surface area (Å²) in [6, 6.07) is 3.95. The van der Waals surface area contributed by atoms with Crippen molar-refractivity contribution in [3.05, 3.63) is 23.7 Å². The molecule has 0 aliphatic heterocycles. The Morgan fingerprint density at radius 2 is 2.29 bits per heavy atom. The fourth-order valence-electron chi connectivity index (χ4n) is 2.53. The molecule has 0 amide bonds. The van der Waals surface area contributed by atoms with Crippen LogP contribution < -0.4 is 0 Å². The number of carbonyl (C=O) groups is 1. The van der Waals surface area contributed by atoms with Crippen LogP contribution in [0.3, 0.4) is 0 Å². The third kappa shape index (κ3) is 3.27. The number of ketones is 1. The summed E-state index contributed by atoms with van der Waals surface area (Å²) >= 11 is 0. The molecule has 0 aliphatic carbocycles. The first-order valence-electron chi connectivity index (χ1n) is 7.30. The number of pyridine rings is 1. The Bertz CT molecular complexity index is 683. The Labute approximate surface area is 124 Å². The molecule has 2 heterocycles. The summed E-state index contributed by atoms with van der Waals surface area (Å²) in [4.78, 5) is 23.9. The van der Waals surface area contributed by atoms with Crippen molar-refractivity contribution in [3.8, 4) is 6.07 Å². The van der Waals surface area contributed by atoms with E-state index >= 15 is 0 Å². The highest BCUT2D eigenvalue weighted by Gasteiger charge is 2.25. The minimum Gasteiger partial charge on any atom is -0.339 e. The molecule has 0 radical (unpaired) electrons. The lowest BCUT2D eigenvalue weighted by Crippen LogP contribution is -2.15. The molecule has 2 rings (SSSR count). The number of aryl methyl sites for hydroxylation is 1. The molecule has 2 atom stereocenters. The number of nitrogens with zero attached hydrogens (tertiary/aromatic N) is 3. The van der Waals surface area contributed by atoms with Gasteiger partial charge in [0.05, 0.1) is 11.6 Å². The van der Waals surface area contributed by atoms with Gasteiger partial charge in [-0.3, -0.25) is 4.79 Å². The van der Waals surface area contributed by atoms with Crippen LogP contribution in [0.5, 0.6) is 0 Å². The fourth-order valence-corrected chi connectivity index (χ4v) is 2.53. The number of aromatic amines is 1. The summed E-state index contributed by atoms with van der Waals surface area (Å²) < 4.78 is 0. The maximum Gasteiger partial charge on any atom is 0.178 e. The van der Waals surface area contributed by atoms with Gasteiger partial charge in [0.1, 0.15) is 5.82 Å². The summed E-state index contributed by atoms with van der Waals surface area (Å²) in [7, 11) is 0. The molecule has 5 nitrogen and oxygen atoms in total. The lowest BCUT2D eigenvalue weighted by Gasteiger charge is -2.10. The van der Waals surface area contributed by atoms with Crippen molar-refractivity contribution in [2.75, 3.05) is 0 Å².